The van der Waals surface area contributed by atoms with Crippen molar-refractivity contribution >= 4 is 5.91 Å². The third-order valence-electron chi connectivity index (χ3n) is 3.98. The normalized spacial score (nSPS) is 34.1. The van der Waals surface area contributed by atoms with Crippen LogP contribution in [0.2, 0.25) is 0 Å². The first-order chi connectivity index (χ1) is 8.90. The largest absolute Gasteiger partial charge is 0.408 e. The standard InChI is InChI=1S/C12H19F3N2O2/c13-12(14,15)10-4-9(5-11(19)16-10)17-3-1-2-8(6-17)7-18/h8-10,18H,1-7H2,(H,16,19). The van der Waals surface area contributed by atoms with Crippen LogP contribution in [0.1, 0.15) is 25.7 Å². The van der Waals surface area contributed by atoms with Gasteiger partial charge in [-0.25, -0.2) is 0 Å². The average molecular weight is 280 g/mol. The van der Waals surface area contributed by atoms with Gasteiger partial charge in [-0.15, -0.1) is 0 Å². The highest BCUT2D eigenvalue weighted by Crippen LogP contribution is 2.30. The van der Waals surface area contributed by atoms with Crippen LogP contribution >= 0.6 is 0 Å². The van der Waals surface area contributed by atoms with E-state index in [1.807, 2.05) is 10.2 Å². The Kier molecular flexibility index (Phi) is 4.35. The fourth-order valence-corrected chi connectivity index (χ4v) is 2.95. The monoisotopic (exact) mass is 280 g/mol. The maximum atomic E-state index is 12.7. The van der Waals surface area contributed by atoms with E-state index in [0.717, 1.165) is 12.8 Å². The molecule has 0 spiro atoms. The van der Waals surface area contributed by atoms with Crippen molar-refractivity contribution in [2.45, 2.75) is 43.9 Å². The zero-order valence-electron chi connectivity index (χ0n) is 10.6. The third-order valence-corrected chi connectivity index (χ3v) is 3.98. The maximum absolute atomic E-state index is 12.7. The number of carbonyl (C=O) groups excluding carboxylic acids is 1. The number of rotatable bonds is 2. The van der Waals surface area contributed by atoms with E-state index in [2.05, 4.69) is 0 Å². The van der Waals surface area contributed by atoms with E-state index >= 15 is 0 Å². The summed E-state index contributed by atoms with van der Waals surface area (Å²) in [6.45, 7) is 1.34. The minimum atomic E-state index is -4.39. The van der Waals surface area contributed by atoms with Crippen molar-refractivity contribution in [2.75, 3.05) is 19.7 Å². The lowest BCUT2D eigenvalue weighted by Gasteiger charge is -2.41. The van der Waals surface area contributed by atoms with Gasteiger partial charge in [0.25, 0.3) is 0 Å². The third kappa shape index (κ3) is 3.60. The first kappa shape index (κ1) is 14.6. The molecule has 2 aliphatic rings. The number of aliphatic hydroxyl groups excluding tert-OH is 1. The number of carbonyl (C=O) groups is 1. The molecular formula is C12H19F3N2O2. The number of nitrogens with one attached hydrogen (secondary N) is 1. The molecule has 3 unspecified atom stereocenters. The first-order valence-electron chi connectivity index (χ1n) is 6.61. The van der Waals surface area contributed by atoms with E-state index in [1.165, 1.54) is 0 Å². The predicted molar refractivity (Wildman–Crippen MR) is 62.4 cm³/mol. The Labute approximate surface area is 110 Å². The highest BCUT2D eigenvalue weighted by Gasteiger charge is 2.46. The zero-order valence-corrected chi connectivity index (χ0v) is 10.6. The number of alkyl halides is 3. The van der Waals surface area contributed by atoms with Gasteiger partial charge in [0.05, 0.1) is 0 Å². The number of hydrogen-bond donors (Lipinski definition) is 2. The molecule has 2 rings (SSSR count). The van der Waals surface area contributed by atoms with Gasteiger partial charge in [0.1, 0.15) is 6.04 Å². The molecule has 0 radical (unpaired) electrons. The highest BCUT2D eigenvalue weighted by atomic mass is 19.4. The summed E-state index contributed by atoms with van der Waals surface area (Å²) >= 11 is 0. The van der Waals surface area contributed by atoms with Gasteiger partial charge in [-0.1, -0.05) is 0 Å². The Morgan fingerprint density at radius 1 is 1.42 bits per heavy atom. The van der Waals surface area contributed by atoms with Crippen molar-refractivity contribution in [3.8, 4) is 0 Å². The molecule has 0 aliphatic carbocycles. The molecular weight excluding hydrogens is 261 g/mol. The van der Waals surface area contributed by atoms with Crippen LogP contribution in [0.4, 0.5) is 13.2 Å². The number of piperidine rings is 2. The Balaban J connectivity index is 2.01. The molecule has 0 aromatic heterocycles. The first-order valence-corrected chi connectivity index (χ1v) is 6.61. The van der Waals surface area contributed by atoms with Gasteiger partial charge in [-0.3, -0.25) is 9.69 Å². The molecule has 4 nitrogen and oxygen atoms in total. The van der Waals surface area contributed by atoms with Gasteiger partial charge in [0.2, 0.25) is 5.91 Å². The Hall–Kier alpha value is -0.820. The van der Waals surface area contributed by atoms with Crippen LogP contribution in [0.3, 0.4) is 0 Å². The molecule has 3 atom stereocenters. The molecule has 2 saturated heterocycles. The zero-order chi connectivity index (χ0) is 14.0. The lowest BCUT2D eigenvalue weighted by molar-refractivity contribution is -0.172. The van der Waals surface area contributed by atoms with E-state index in [-0.39, 0.29) is 31.4 Å². The molecule has 0 aromatic rings. The van der Waals surface area contributed by atoms with E-state index in [1.54, 1.807) is 0 Å². The number of halogens is 3. The Bertz CT molecular complexity index is 335. The average Bonchev–Trinajstić information content (AvgIpc) is 2.37. The lowest BCUT2D eigenvalue weighted by atomic mass is 9.92. The van der Waals surface area contributed by atoms with Crippen molar-refractivity contribution in [3.63, 3.8) is 0 Å². The van der Waals surface area contributed by atoms with Gasteiger partial charge in [-0.05, 0) is 31.7 Å². The number of aliphatic hydroxyl groups is 1. The van der Waals surface area contributed by atoms with E-state index < -0.39 is 18.1 Å². The second-order valence-corrected chi connectivity index (χ2v) is 5.44. The molecule has 0 bridgehead atoms. The summed E-state index contributed by atoms with van der Waals surface area (Å²) in [5.41, 5.74) is 0. The number of likely N-dealkylation sites (tertiary alicyclic amines) is 1. The van der Waals surface area contributed by atoms with Crippen LogP contribution < -0.4 is 5.32 Å². The smallest absolute Gasteiger partial charge is 0.396 e. The van der Waals surface area contributed by atoms with Gasteiger partial charge in [0, 0.05) is 25.6 Å². The van der Waals surface area contributed by atoms with Gasteiger partial charge >= 0.3 is 6.18 Å². The summed E-state index contributed by atoms with van der Waals surface area (Å²) in [6.07, 6.45) is -2.60. The summed E-state index contributed by atoms with van der Waals surface area (Å²) in [6, 6.07) is -2.11. The molecule has 19 heavy (non-hydrogen) atoms. The number of hydrogen-bond acceptors (Lipinski definition) is 3. The summed E-state index contributed by atoms with van der Waals surface area (Å²) < 4.78 is 38.2. The summed E-state index contributed by atoms with van der Waals surface area (Å²) in [7, 11) is 0. The van der Waals surface area contributed by atoms with E-state index in [0.29, 0.717) is 13.1 Å². The second kappa shape index (κ2) is 5.66. The van der Waals surface area contributed by atoms with Crippen LogP contribution in [-0.4, -0.2) is 53.9 Å². The van der Waals surface area contributed by atoms with Crippen molar-refractivity contribution < 1.29 is 23.1 Å². The summed E-state index contributed by atoms with van der Waals surface area (Å²) in [5, 5.41) is 11.2. The molecule has 2 aliphatic heterocycles. The Morgan fingerprint density at radius 2 is 2.16 bits per heavy atom. The Morgan fingerprint density at radius 3 is 2.79 bits per heavy atom. The summed E-state index contributed by atoms with van der Waals surface area (Å²) in [4.78, 5) is 13.4. The maximum Gasteiger partial charge on any atom is 0.408 e. The fraction of sp³-hybridized carbons (Fsp3) is 0.917. The fourth-order valence-electron chi connectivity index (χ4n) is 2.95. The molecule has 7 heteroatoms. The quantitative estimate of drug-likeness (QED) is 0.790. The van der Waals surface area contributed by atoms with Crippen molar-refractivity contribution in [1.29, 1.82) is 0 Å². The van der Waals surface area contributed by atoms with Crippen molar-refractivity contribution in [2.24, 2.45) is 5.92 Å². The van der Waals surface area contributed by atoms with Crippen molar-refractivity contribution in [3.05, 3.63) is 0 Å². The van der Waals surface area contributed by atoms with Crippen LogP contribution in [0.15, 0.2) is 0 Å². The molecule has 110 valence electrons. The molecule has 1 amide bonds. The predicted octanol–water partition coefficient (Wildman–Crippen LogP) is 0.900. The second-order valence-electron chi connectivity index (χ2n) is 5.44. The summed E-state index contributed by atoms with van der Waals surface area (Å²) in [5.74, 6) is -0.423. The minimum absolute atomic E-state index is 0.0537. The van der Waals surface area contributed by atoms with Crippen molar-refractivity contribution in [1.82, 2.24) is 10.2 Å². The molecule has 0 aromatic carbocycles. The molecule has 2 N–H and O–H groups in total. The van der Waals surface area contributed by atoms with Crippen LogP contribution in [0.25, 0.3) is 0 Å². The lowest BCUT2D eigenvalue weighted by Crippen LogP contribution is -2.57. The minimum Gasteiger partial charge on any atom is -0.396 e. The van der Waals surface area contributed by atoms with E-state index in [9.17, 15) is 18.0 Å². The molecule has 2 fully saturated rings. The van der Waals surface area contributed by atoms with Gasteiger partial charge < -0.3 is 10.4 Å². The van der Waals surface area contributed by atoms with Gasteiger partial charge in [0.15, 0.2) is 0 Å². The van der Waals surface area contributed by atoms with Crippen LogP contribution in [0, 0.1) is 5.92 Å². The van der Waals surface area contributed by atoms with Gasteiger partial charge in [-0.2, -0.15) is 13.2 Å². The van der Waals surface area contributed by atoms with E-state index in [4.69, 9.17) is 5.11 Å². The highest BCUT2D eigenvalue weighted by molar-refractivity contribution is 5.78. The van der Waals surface area contributed by atoms with Crippen LogP contribution in [0.5, 0.6) is 0 Å². The molecule has 0 saturated carbocycles. The topological polar surface area (TPSA) is 52.6 Å². The van der Waals surface area contributed by atoms with Crippen LogP contribution in [-0.2, 0) is 4.79 Å². The number of amides is 1. The molecule has 2 heterocycles. The number of nitrogens with zero attached hydrogens (tertiary/aromatic N) is 1. The SMILES string of the molecule is O=C1CC(N2CCCC(CO)C2)CC(C(F)(F)F)N1.